The summed E-state index contributed by atoms with van der Waals surface area (Å²) in [4.78, 5) is 23.5. The van der Waals surface area contributed by atoms with Crippen molar-refractivity contribution in [1.82, 2.24) is 0 Å². The van der Waals surface area contributed by atoms with Crippen LogP contribution in [0.2, 0.25) is 0 Å². The van der Waals surface area contributed by atoms with Crippen LogP contribution in [-0.4, -0.2) is 24.5 Å². The van der Waals surface area contributed by atoms with Gasteiger partial charge in [-0.3, -0.25) is 4.79 Å². The largest absolute Gasteiger partial charge is 0.462 e. The van der Waals surface area contributed by atoms with Crippen molar-refractivity contribution in [1.29, 1.82) is 0 Å². The summed E-state index contributed by atoms with van der Waals surface area (Å²) >= 11 is 0. The first-order chi connectivity index (χ1) is 9.08. The van der Waals surface area contributed by atoms with Gasteiger partial charge in [0, 0.05) is 12.5 Å². The van der Waals surface area contributed by atoms with Crippen molar-refractivity contribution >= 4 is 17.6 Å². The molecule has 1 rings (SSSR count). The Balaban J connectivity index is 2.78. The van der Waals surface area contributed by atoms with Crippen molar-refractivity contribution in [3.8, 4) is 0 Å². The van der Waals surface area contributed by atoms with Gasteiger partial charge < -0.3 is 15.8 Å². The quantitative estimate of drug-likeness (QED) is 0.769. The Morgan fingerprint density at radius 1 is 1.32 bits per heavy atom. The fraction of sp³-hybridized carbons (Fsp3) is 0.429. The number of amides is 1. The Morgan fingerprint density at radius 2 is 2.00 bits per heavy atom. The van der Waals surface area contributed by atoms with E-state index in [1.165, 1.54) is 0 Å². The van der Waals surface area contributed by atoms with Crippen LogP contribution in [0.5, 0.6) is 0 Å². The van der Waals surface area contributed by atoms with Gasteiger partial charge in [-0.25, -0.2) is 4.79 Å². The van der Waals surface area contributed by atoms with Gasteiger partial charge in [0.2, 0.25) is 5.91 Å². The average molecular weight is 264 g/mol. The Kier molecular flexibility index (Phi) is 6.02. The van der Waals surface area contributed by atoms with Crippen LogP contribution in [0.1, 0.15) is 37.0 Å². The highest BCUT2D eigenvalue weighted by Crippen LogP contribution is 2.16. The lowest BCUT2D eigenvalue weighted by Crippen LogP contribution is -2.26. The van der Waals surface area contributed by atoms with Gasteiger partial charge in [-0.15, -0.1) is 0 Å². The zero-order valence-corrected chi connectivity index (χ0v) is 11.3. The number of rotatable bonds is 6. The maximum atomic E-state index is 11.8. The van der Waals surface area contributed by atoms with Gasteiger partial charge >= 0.3 is 5.97 Å². The summed E-state index contributed by atoms with van der Waals surface area (Å²) in [5.41, 5.74) is 6.52. The molecule has 0 radical (unpaired) electrons. The maximum Gasteiger partial charge on any atom is 0.340 e. The lowest BCUT2D eigenvalue weighted by Gasteiger charge is -2.12. The van der Waals surface area contributed by atoms with Gasteiger partial charge in [-0.1, -0.05) is 19.1 Å². The Labute approximate surface area is 113 Å². The van der Waals surface area contributed by atoms with E-state index in [0.29, 0.717) is 17.9 Å². The predicted molar refractivity (Wildman–Crippen MR) is 73.9 cm³/mol. The van der Waals surface area contributed by atoms with Crippen LogP contribution >= 0.6 is 0 Å². The van der Waals surface area contributed by atoms with E-state index in [-0.39, 0.29) is 18.4 Å². The number of ether oxygens (including phenoxy) is 1. The Bertz CT molecular complexity index is 446. The summed E-state index contributed by atoms with van der Waals surface area (Å²) in [7, 11) is 0. The molecule has 1 aromatic carbocycles. The van der Waals surface area contributed by atoms with Crippen LogP contribution < -0.4 is 11.1 Å². The first-order valence-electron chi connectivity index (χ1n) is 6.40. The van der Waals surface area contributed by atoms with E-state index in [1.54, 1.807) is 31.2 Å². The third-order valence-electron chi connectivity index (χ3n) is 2.67. The van der Waals surface area contributed by atoms with Crippen LogP contribution in [0.25, 0.3) is 0 Å². The Hall–Kier alpha value is -1.88. The minimum Gasteiger partial charge on any atom is -0.462 e. The molecular weight excluding hydrogens is 244 g/mol. The summed E-state index contributed by atoms with van der Waals surface area (Å²) in [6.07, 6.45) is 0.959. The molecular formula is C14H20N2O3. The summed E-state index contributed by atoms with van der Waals surface area (Å²) in [6.45, 7) is 3.95. The van der Waals surface area contributed by atoms with Crippen LogP contribution in [-0.2, 0) is 9.53 Å². The smallest absolute Gasteiger partial charge is 0.340 e. The van der Waals surface area contributed by atoms with Crippen molar-refractivity contribution in [2.75, 3.05) is 11.9 Å². The molecule has 5 heteroatoms. The van der Waals surface area contributed by atoms with Crippen LogP contribution in [0.3, 0.4) is 0 Å². The number of nitrogens with one attached hydrogen (secondary N) is 1. The summed E-state index contributed by atoms with van der Waals surface area (Å²) in [5, 5.41) is 2.70. The van der Waals surface area contributed by atoms with E-state index in [1.807, 2.05) is 6.92 Å². The zero-order valence-electron chi connectivity index (χ0n) is 11.3. The van der Waals surface area contributed by atoms with Gasteiger partial charge in [0.1, 0.15) is 0 Å². The third kappa shape index (κ3) is 4.71. The van der Waals surface area contributed by atoms with E-state index >= 15 is 0 Å². The lowest BCUT2D eigenvalue weighted by molar-refractivity contribution is -0.116. The SMILES string of the molecule is CCOC(=O)c1ccccc1NC(=O)CC(N)CC. The minimum absolute atomic E-state index is 0.172. The maximum absolute atomic E-state index is 11.8. The zero-order chi connectivity index (χ0) is 14.3. The molecule has 1 amide bonds. The molecule has 0 aliphatic heterocycles. The van der Waals surface area contributed by atoms with Crippen molar-refractivity contribution in [2.45, 2.75) is 32.7 Å². The monoisotopic (exact) mass is 264 g/mol. The van der Waals surface area contributed by atoms with E-state index in [2.05, 4.69) is 5.32 Å². The molecule has 1 unspecified atom stereocenters. The molecule has 19 heavy (non-hydrogen) atoms. The molecule has 0 bridgehead atoms. The number of carbonyl (C=O) groups is 2. The van der Waals surface area contributed by atoms with Crippen molar-refractivity contribution in [3.63, 3.8) is 0 Å². The van der Waals surface area contributed by atoms with Gasteiger partial charge in [0.05, 0.1) is 17.9 Å². The second kappa shape index (κ2) is 7.53. The standard InChI is InChI=1S/C14H20N2O3/c1-3-10(15)9-13(17)16-12-8-6-5-7-11(12)14(18)19-4-2/h5-8,10H,3-4,9,15H2,1-2H3,(H,16,17). The van der Waals surface area contributed by atoms with Crippen LogP contribution in [0.15, 0.2) is 24.3 Å². The van der Waals surface area contributed by atoms with Gasteiger partial charge in [0.15, 0.2) is 0 Å². The number of hydrogen-bond acceptors (Lipinski definition) is 4. The van der Waals surface area contributed by atoms with E-state index in [9.17, 15) is 9.59 Å². The van der Waals surface area contributed by atoms with Gasteiger partial charge in [-0.2, -0.15) is 0 Å². The number of hydrogen-bond donors (Lipinski definition) is 2. The van der Waals surface area contributed by atoms with Crippen LogP contribution in [0.4, 0.5) is 5.69 Å². The Morgan fingerprint density at radius 3 is 2.63 bits per heavy atom. The first-order valence-corrected chi connectivity index (χ1v) is 6.40. The summed E-state index contributed by atoms with van der Waals surface area (Å²) in [6, 6.07) is 6.59. The van der Waals surface area contributed by atoms with E-state index < -0.39 is 5.97 Å². The fourth-order valence-electron chi connectivity index (χ4n) is 1.56. The molecule has 104 valence electrons. The fourth-order valence-corrected chi connectivity index (χ4v) is 1.56. The number of carbonyl (C=O) groups excluding carboxylic acids is 2. The number of nitrogens with two attached hydrogens (primary N) is 1. The molecule has 0 fully saturated rings. The summed E-state index contributed by atoms with van der Waals surface area (Å²) < 4.78 is 4.94. The highest BCUT2D eigenvalue weighted by atomic mass is 16.5. The molecule has 3 N–H and O–H groups in total. The second-order valence-corrected chi connectivity index (χ2v) is 4.19. The van der Waals surface area contributed by atoms with Crippen molar-refractivity contribution in [2.24, 2.45) is 5.73 Å². The number of para-hydroxylation sites is 1. The molecule has 0 aliphatic rings. The molecule has 0 aliphatic carbocycles. The molecule has 0 saturated carbocycles. The normalized spacial score (nSPS) is 11.7. The molecule has 1 atom stereocenters. The minimum atomic E-state index is -0.446. The molecule has 1 aromatic rings. The van der Waals surface area contributed by atoms with E-state index in [0.717, 1.165) is 6.42 Å². The molecule has 5 nitrogen and oxygen atoms in total. The van der Waals surface area contributed by atoms with Crippen LogP contribution in [0, 0.1) is 0 Å². The molecule has 0 saturated heterocycles. The second-order valence-electron chi connectivity index (χ2n) is 4.19. The molecule has 0 heterocycles. The summed E-state index contributed by atoms with van der Waals surface area (Å²) in [5.74, 6) is -0.649. The van der Waals surface area contributed by atoms with Crippen molar-refractivity contribution < 1.29 is 14.3 Å². The highest BCUT2D eigenvalue weighted by molar-refractivity contribution is 6.01. The highest BCUT2D eigenvalue weighted by Gasteiger charge is 2.14. The number of benzene rings is 1. The first kappa shape index (κ1) is 15.2. The topological polar surface area (TPSA) is 81.4 Å². The predicted octanol–water partition coefficient (Wildman–Crippen LogP) is 1.93. The van der Waals surface area contributed by atoms with Gasteiger partial charge in [0.25, 0.3) is 0 Å². The molecule has 0 spiro atoms. The average Bonchev–Trinajstić information content (AvgIpc) is 2.39. The number of esters is 1. The molecule has 0 aromatic heterocycles. The van der Waals surface area contributed by atoms with Gasteiger partial charge in [-0.05, 0) is 25.5 Å². The van der Waals surface area contributed by atoms with Crippen molar-refractivity contribution in [3.05, 3.63) is 29.8 Å². The number of anilines is 1. The van der Waals surface area contributed by atoms with E-state index in [4.69, 9.17) is 10.5 Å². The third-order valence-corrected chi connectivity index (χ3v) is 2.67. The lowest BCUT2D eigenvalue weighted by atomic mass is 10.1.